The molecule has 6 nitrogen and oxygen atoms in total. The Morgan fingerprint density at radius 3 is 2.20 bits per heavy atom. The van der Waals surface area contributed by atoms with Gasteiger partial charge < -0.3 is 10.6 Å². The van der Waals surface area contributed by atoms with Gasteiger partial charge in [-0.1, -0.05) is 0 Å². The fourth-order valence-electron chi connectivity index (χ4n) is 1.21. The number of benzene rings is 1. The van der Waals surface area contributed by atoms with Gasteiger partial charge in [0.05, 0.1) is 11.3 Å². The molecule has 0 unspecified atom stereocenters. The Labute approximate surface area is 112 Å². The number of anilines is 1. The molecule has 112 valence electrons. The van der Waals surface area contributed by atoms with Gasteiger partial charge in [0.1, 0.15) is 0 Å². The highest BCUT2D eigenvalue weighted by Gasteiger charge is 2.29. The summed E-state index contributed by atoms with van der Waals surface area (Å²) in [4.78, 5) is 11.3. The molecule has 0 saturated heterocycles. The van der Waals surface area contributed by atoms with Crippen molar-refractivity contribution >= 4 is 21.8 Å². The van der Waals surface area contributed by atoms with Crippen molar-refractivity contribution in [2.24, 2.45) is 0 Å². The molecule has 0 atom stereocenters. The van der Waals surface area contributed by atoms with Crippen LogP contribution >= 0.6 is 0 Å². The smallest absolute Gasteiger partial charge is 0.337 e. The fourth-order valence-corrected chi connectivity index (χ4v) is 1.57. The number of hydrogen-bond donors (Lipinski definition) is 3. The Bertz CT molecular complexity index is 569. The SMILES string of the molecule is O=C(NCCS(=O)(=O)O)Nc1ccc(C(F)(F)F)cc1. The van der Waals surface area contributed by atoms with Crippen molar-refractivity contribution in [2.75, 3.05) is 17.6 Å². The van der Waals surface area contributed by atoms with Gasteiger partial charge in [0.25, 0.3) is 10.1 Å². The largest absolute Gasteiger partial charge is 0.416 e. The molecule has 0 fully saturated rings. The van der Waals surface area contributed by atoms with Crippen molar-refractivity contribution in [1.82, 2.24) is 5.32 Å². The van der Waals surface area contributed by atoms with Crippen LogP contribution in [-0.2, 0) is 16.3 Å². The van der Waals surface area contributed by atoms with Crippen LogP contribution in [0.5, 0.6) is 0 Å². The van der Waals surface area contributed by atoms with E-state index in [4.69, 9.17) is 4.55 Å². The first-order valence-corrected chi connectivity index (χ1v) is 6.86. The molecule has 10 heteroatoms. The van der Waals surface area contributed by atoms with E-state index in [-0.39, 0.29) is 12.2 Å². The maximum absolute atomic E-state index is 12.3. The fraction of sp³-hybridized carbons (Fsp3) is 0.300. The second kappa shape index (κ2) is 6.09. The summed E-state index contributed by atoms with van der Waals surface area (Å²) in [6.45, 7) is -0.328. The normalized spacial score (nSPS) is 12.0. The Balaban J connectivity index is 2.51. The van der Waals surface area contributed by atoms with Gasteiger partial charge in [-0.05, 0) is 24.3 Å². The van der Waals surface area contributed by atoms with Gasteiger partial charge in [-0.15, -0.1) is 0 Å². The van der Waals surface area contributed by atoms with E-state index in [0.29, 0.717) is 0 Å². The van der Waals surface area contributed by atoms with E-state index in [2.05, 4.69) is 10.6 Å². The second-order valence-electron chi connectivity index (χ2n) is 3.74. The van der Waals surface area contributed by atoms with E-state index in [1.54, 1.807) is 0 Å². The minimum atomic E-state index is -4.46. The number of amides is 2. The molecule has 0 radical (unpaired) electrons. The van der Waals surface area contributed by atoms with Crippen LogP contribution < -0.4 is 10.6 Å². The highest BCUT2D eigenvalue weighted by molar-refractivity contribution is 7.85. The lowest BCUT2D eigenvalue weighted by Gasteiger charge is -2.09. The van der Waals surface area contributed by atoms with E-state index in [1.807, 2.05) is 0 Å². The molecule has 0 aliphatic carbocycles. The number of halogens is 3. The lowest BCUT2D eigenvalue weighted by Crippen LogP contribution is -2.32. The van der Waals surface area contributed by atoms with E-state index >= 15 is 0 Å². The lowest BCUT2D eigenvalue weighted by atomic mass is 10.2. The zero-order valence-corrected chi connectivity index (χ0v) is 10.8. The topological polar surface area (TPSA) is 95.5 Å². The number of carbonyl (C=O) groups is 1. The van der Waals surface area contributed by atoms with E-state index < -0.39 is 33.6 Å². The first-order chi connectivity index (χ1) is 9.08. The van der Waals surface area contributed by atoms with Gasteiger partial charge in [0.15, 0.2) is 0 Å². The number of alkyl halides is 3. The molecule has 0 heterocycles. The maximum atomic E-state index is 12.3. The van der Waals surface area contributed by atoms with Gasteiger partial charge >= 0.3 is 12.2 Å². The standard InChI is InChI=1S/C10H11F3N2O4S/c11-10(12,13)7-1-3-8(4-2-7)15-9(16)14-5-6-20(17,18)19/h1-4H,5-6H2,(H2,14,15,16)(H,17,18,19). The Morgan fingerprint density at radius 1 is 1.20 bits per heavy atom. The Hall–Kier alpha value is -1.81. The Morgan fingerprint density at radius 2 is 1.75 bits per heavy atom. The molecule has 0 aliphatic heterocycles. The number of rotatable bonds is 4. The summed E-state index contributed by atoms with van der Waals surface area (Å²) >= 11 is 0. The van der Waals surface area contributed by atoms with Gasteiger partial charge in [0, 0.05) is 12.2 Å². The van der Waals surface area contributed by atoms with Gasteiger partial charge in [-0.2, -0.15) is 21.6 Å². The second-order valence-corrected chi connectivity index (χ2v) is 5.31. The minimum absolute atomic E-state index is 0.113. The van der Waals surface area contributed by atoms with Crippen LogP contribution in [0.4, 0.5) is 23.7 Å². The van der Waals surface area contributed by atoms with Gasteiger partial charge in [0.2, 0.25) is 0 Å². The molecule has 0 spiro atoms. The van der Waals surface area contributed by atoms with Crippen LogP contribution in [0.3, 0.4) is 0 Å². The first kappa shape index (κ1) is 16.2. The van der Waals surface area contributed by atoms with Gasteiger partial charge in [-0.25, -0.2) is 4.79 Å². The van der Waals surface area contributed by atoms with Crippen LogP contribution in [0.2, 0.25) is 0 Å². The summed E-state index contributed by atoms with van der Waals surface area (Å²) < 4.78 is 66.0. The molecular weight excluding hydrogens is 301 g/mol. The van der Waals surface area contributed by atoms with Crippen molar-refractivity contribution in [1.29, 1.82) is 0 Å². The van der Waals surface area contributed by atoms with E-state index in [0.717, 1.165) is 24.3 Å². The summed E-state index contributed by atoms with van der Waals surface area (Å²) in [5.41, 5.74) is -0.739. The summed E-state index contributed by atoms with van der Waals surface area (Å²) in [6.07, 6.45) is -4.46. The maximum Gasteiger partial charge on any atom is 0.416 e. The number of carbonyl (C=O) groups excluding carboxylic acids is 1. The molecule has 0 saturated carbocycles. The van der Waals surface area contributed by atoms with Crippen LogP contribution in [0, 0.1) is 0 Å². The third-order valence-electron chi connectivity index (χ3n) is 2.12. The highest BCUT2D eigenvalue weighted by atomic mass is 32.2. The zero-order valence-electron chi connectivity index (χ0n) is 9.94. The highest BCUT2D eigenvalue weighted by Crippen LogP contribution is 2.29. The van der Waals surface area contributed by atoms with Crippen molar-refractivity contribution in [3.05, 3.63) is 29.8 Å². The molecule has 3 N–H and O–H groups in total. The average molecular weight is 312 g/mol. The molecule has 1 aromatic rings. The van der Waals surface area contributed by atoms with Gasteiger partial charge in [-0.3, -0.25) is 4.55 Å². The molecule has 0 aliphatic rings. The number of urea groups is 1. The quantitative estimate of drug-likeness (QED) is 0.738. The lowest BCUT2D eigenvalue weighted by molar-refractivity contribution is -0.137. The molecule has 0 aromatic heterocycles. The van der Waals surface area contributed by atoms with Crippen LogP contribution in [-0.4, -0.2) is 31.3 Å². The Kier molecular flexibility index (Phi) is 4.95. The predicted octanol–water partition coefficient (Wildman–Crippen LogP) is 1.71. The van der Waals surface area contributed by atoms with Crippen molar-refractivity contribution in [3.63, 3.8) is 0 Å². The van der Waals surface area contributed by atoms with Crippen LogP contribution in [0.15, 0.2) is 24.3 Å². The van der Waals surface area contributed by atoms with Crippen molar-refractivity contribution in [3.8, 4) is 0 Å². The molecular formula is C10H11F3N2O4S. The zero-order chi connectivity index (χ0) is 15.4. The summed E-state index contributed by atoms with van der Waals surface area (Å²) in [7, 11) is -4.18. The third kappa shape index (κ3) is 5.89. The van der Waals surface area contributed by atoms with E-state index in [9.17, 15) is 26.4 Å². The van der Waals surface area contributed by atoms with Crippen molar-refractivity contribution in [2.45, 2.75) is 6.18 Å². The third-order valence-corrected chi connectivity index (χ3v) is 2.84. The van der Waals surface area contributed by atoms with Crippen LogP contribution in [0.25, 0.3) is 0 Å². The van der Waals surface area contributed by atoms with Crippen LogP contribution in [0.1, 0.15) is 5.56 Å². The number of hydrogen-bond acceptors (Lipinski definition) is 3. The molecule has 20 heavy (non-hydrogen) atoms. The molecule has 2 amide bonds. The summed E-state index contributed by atoms with van der Waals surface area (Å²) in [5, 5.41) is 4.33. The minimum Gasteiger partial charge on any atom is -0.337 e. The van der Waals surface area contributed by atoms with E-state index in [1.165, 1.54) is 0 Å². The number of nitrogens with one attached hydrogen (secondary N) is 2. The van der Waals surface area contributed by atoms with Crippen molar-refractivity contribution < 1.29 is 30.9 Å². The predicted molar refractivity (Wildman–Crippen MR) is 64.9 cm³/mol. The first-order valence-electron chi connectivity index (χ1n) is 5.25. The summed E-state index contributed by atoms with van der Waals surface area (Å²) in [6, 6.07) is 2.92. The monoisotopic (exact) mass is 312 g/mol. The molecule has 1 rings (SSSR count). The average Bonchev–Trinajstić information content (AvgIpc) is 2.26. The molecule has 1 aromatic carbocycles. The molecule has 0 bridgehead atoms. The summed E-state index contributed by atoms with van der Waals surface area (Å²) in [5.74, 6) is -0.659.